The Morgan fingerprint density at radius 3 is 1.67 bits per heavy atom. The maximum Gasteiger partial charge on any atom is 0.185 e. The monoisotopic (exact) mass is 211 g/mol. The van der Waals surface area contributed by atoms with Gasteiger partial charge in [0.1, 0.15) is 0 Å². The van der Waals surface area contributed by atoms with Crippen molar-refractivity contribution < 1.29 is 0 Å². The lowest BCUT2D eigenvalue weighted by molar-refractivity contribution is 0.473. The second-order valence-corrected chi connectivity index (χ2v) is 4.66. The number of rotatable bonds is 1. The predicted molar refractivity (Wildman–Crippen MR) is 65.0 cm³/mol. The third-order valence-electron chi connectivity index (χ3n) is 3.21. The highest BCUT2D eigenvalue weighted by Gasteiger charge is 2.09. The molecule has 0 heterocycles. The summed E-state index contributed by atoms with van der Waals surface area (Å²) in [5, 5.41) is 10.3. The van der Waals surface area contributed by atoms with Crippen LogP contribution in [-0.2, 0) is 0 Å². The van der Waals surface area contributed by atoms with Gasteiger partial charge in [-0.2, -0.15) is 0 Å². The van der Waals surface area contributed by atoms with Crippen molar-refractivity contribution in [2.24, 2.45) is 5.73 Å². The molecule has 0 radical (unpaired) electrons. The van der Waals surface area contributed by atoms with E-state index in [0.29, 0.717) is 6.04 Å². The molecule has 0 aliphatic heterocycles. The van der Waals surface area contributed by atoms with E-state index in [9.17, 15) is 0 Å². The molecule has 0 aromatic heterocycles. The van der Waals surface area contributed by atoms with Gasteiger partial charge in [0, 0.05) is 6.04 Å². The molecule has 0 aromatic rings. The predicted octanol–water partition coefficient (Wildman–Crippen LogP) is 2.75. The van der Waals surface area contributed by atoms with Gasteiger partial charge in [0.05, 0.1) is 0 Å². The normalized spacial score (nSPS) is 21.6. The Kier molecular flexibility index (Phi) is 6.21. The Bertz CT molecular complexity index is 168. The lowest BCUT2D eigenvalue weighted by Gasteiger charge is -2.18. The van der Waals surface area contributed by atoms with Crippen molar-refractivity contribution in [2.75, 3.05) is 0 Å². The summed E-state index contributed by atoms with van der Waals surface area (Å²) in [6, 6.07) is 0.445. The first kappa shape index (κ1) is 12.3. The van der Waals surface area contributed by atoms with Crippen molar-refractivity contribution in [1.82, 2.24) is 5.32 Å². The molecule has 88 valence electrons. The molecule has 3 nitrogen and oxygen atoms in total. The Morgan fingerprint density at radius 2 is 1.27 bits per heavy atom. The number of nitrogens with two attached hydrogens (primary N) is 1. The molecule has 0 saturated heterocycles. The van der Waals surface area contributed by atoms with Crippen molar-refractivity contribution in [3.05, 3.63) is 0 Å². The Balaban J connectivity index is 2.28. The van der Waals surface area contributed by atoms with Crippen molar-refractivity contribution in [3.63, 3.8) is 0 Å². The minimum absolute atomic E-state index is 0.134. The molecular weight excluding hydrogens is 186 g/mol. The van der Waals surface area contributed by atoms with Crippen LogP contribution in [0.15, 0.2) is 0 Å². The van der Waals surface area contributed by atoms with Crippen LogP contribution in [0.25, 0.3) is 0 Å². The smallest absolute Gasteiger partial charge is 0.185 e. The van der Waals surface area contributed by atoms with E-state index in [1.54, 1.807) is 0 Å². The fraction of sp³-hybridized carbons (Fsp3) is 0.917. The first-order valence-electron chi connectivity index (χ1n) is 6.39. The van der Waals surface area contributed by atoms with Gasteiger partial charge in [0.25, 0.3) is 0 Å². The maximum atomic E-state index is 7.26. The van der Waals surface area contributed by atoms with E-state index in [0.717, 1.165) is 0 Å². The highest BCUT2D eigenvalue weighted by molar-refractivity contribution is 5.74. The average molecular weight is 211 g/mol. The van der Waals surface area contributed by atoms with Crippen LogP contribution in [0.1, 0.15) is 64.2 Å². The minimum atomic E-state index is 0.134. The molecule has 1 aliphatic rings. The molecule has 1 aliphatic carbocycles. The van der Waals surface area contributed by atoms with Crippen LogP contribution in [0.4, 0.5) is 0 Å². The molecule has 4 N–H and O–H groups in total. The summed E-state index contributed by atoms with van der Waals surface area (Å²) in [4.78, 5) is 0. The van der Waals surface area contributed by atoms with E-state index in [-0.39, 0.29) is 5.96 Å². The zero-order chi connectivity index (χ0) is 10.9. The molecule has 15 heavy (non-hydrogen) atoms. The van der Waals surface area contributed by atoms with Gasteiger partial charge in [-0.1, -0.05) is 51.4 Å². The van der Waals surface area contributed by atoms with E-state index in [1.807, 2.05) is 0 Å². The molecule has 3 heteroatoms. The third-order valence-corrected chi connectivity index (χ3v) is 3.21. The summed E-state index contributed by atoms with van der Waals surface area (Å²) in [5.74, 6) is 0.134. The lowest BCUT2D eigenvalue weighted by atomic mass is 10.0. The molecule has 0 atom stereocenters. The van der Waals surface area contributed by atoms with Crippen LogP contribution in [0.2, 0.25) is 0 Å². The van der Waals surface area contributed by atoms with Crippen molar-refractivity contribution in [1.29, 1.82) is 5.41 Å². The number of hydrogen-bond donors (Lipinski definition) is 3. The van der Waals surface area contributed by atoms with Gasteiger partial charge in [0.15, 0.2) is 5.96 Å². The van der Waals surface area contributed by atoms with Crippen LogP contribution >= 0.6 is 0 Å². The summed E-state index contributed by atoms with van der Waals surface area (Å²) < 4.78 is 0. The molecule has 0 unspecified atom stereocenters. The standard InChI is InChI=1S/C12H25N3/c13-12(14)15-11-9-7-5-3-1-2-4-6-8-10-11/h11H,1-10H2,(H4,13,14,15). The highest BCUT2D eigenvalue weighted by atomic mass is 15.1. The zero-order valence-electron chi connectivity index (χ0n) is 9.73. The molecular formula is C12H25N3. The largest absolute Gasteiger partial charge is 0.370 e. The average Bonchev–Trinajstić information content (AvgIpc) is 2.23. The van der Waals surface area contributed by atoms with Crippen molar-refractivity contribution >= 4 is 5.96 Å². The number of guanidine groups is 1. The zero-order valence-corrected chi connectivity index (χ0v) is 9.73. The van der Waals surface area contributed by atoms with E-state index in [4.69, 9.17) is 11.1 Å². The second kappa shape index (κ2) is 7.55. The molecule has 1 rings (SSSR count). The molecule has 0 aromatic carbocycles. The first-order chi connectivity index (χ1) is 7.29. The number of nitrogens with one attached hydrogen (secondary N) is 2. The quantitative estimate of drug-likeness (QED) is 0.461. The first-order valence-corrected chi connectivity index (χ1v) is 6.39. The molecule has 1 fully saturated rings. The van der Waals surface area contributed by atoms with Gasteiger partial charge in [0.2, 0.25) is 0 Å². The Hall–Kier alpha value is -0.730. The summed E-state index contributed by atoms with van der Waals surface area (Å²) in [6.07, 6.45) is 13.2. The van der Waals surface area contributed by atoms with Gasteiger partial charge < -0.3 is 11.1 Å². The Labute approximate surface area is 93.3 Å². The fourth-order valence-corrected chi connectivity index (χ4v) is 2.35. The minimum Gasteiger partial charge on any atom is -0.370 e. The van der Waals surface area contributed by atoms with Crippen LogP contribution < -0.4 is 11.1 Å². The van der Waals surface area contributed by atoms with Crippen molar-refractivity contribution in [3.8, 4) is 0 Å². The van der Waals surface area contributed by atoms with Crippen molar-refractivity contribution in [2.45, 2.75) is 70.3 Å². The molecule has 0 bridgehead atoms. The van der Waals surface area contributed by atoms with Gasteiger partial charge in [-0.3, -0.25) is 5.41 Å². The SMILES string of the molecule is N=C(N)NC1CCCCCCCCCC1. The molecule has 0 spiro atoms. The second-order valence-electron chi connectivity index (χ2n) is 4.66. The Morgan fingerprint density at radius 1 is 0.867 bits per heavy atom. The van der Waals surface area contributed by atoms with Crippen LogP contribution in [0.3, 0.4) is 0 Å². The van der Waals surface area contributed by atoms with Gasteiger partial charge in [-0.05, 0) is 12.8 Å². The van der Waals surface area contributed by atoms with E-state index < -0.39 is 0 Å². The van der Waals surface area contributed by atoms with Crippen LogP contribution in [0.5, 0.6) is 0 Å². The lowest BCUT2D eigenvalue weighted by Crippen LogP contribution is -2.39. The third kappa shape index (κ3) is 6.37. The van der Waals surface area contributed by atoms with E-state index >= 15 is 0 Å². The highest BCUT2D eigenvalue weighted by Crippen LogP contribution is 2.16. The van der Waals surface area contributed by atoms with E-state index in [1.165, 1.54) is 64.2 Å². The maximum absolute atomic E-state index is 7.26. The molecule has 0 amide bonds. The summed E-state index contributed by atoms with van der Waals surface area (Å²) in [5.41, 5.74) is 5.39. The van der Waals surface area contributed by atoms with Gasteiger partial charge in [-0.15, -0.1) is 0 Å². The van der Waals surface area contributed by atoms with Gasteiger partial charge in [-0.25, -0.2) is 0 Å². The summed E-state index contributed by atoms with van der Waals surface area (Å²) >= 11 is 0. The van der Waals surface area contributed by atoms with Crippen LogP contribution in [-0.4, -0.2) is 12.0 Å². The molecule has 1 saturated carbocycles. The fourth-order valence-electron chi connectivity index (χ4n) is 2.35. The number of hydrogen-bond acceptors (Lipinski definition) is 1. The van der Waals surface area contributed by atoms with Gasteiger partial charge >= 0.3 is 0 Å². The summed E-state index contributed by atoms with van der Waals surface area (Å²) in [6.45, 7) is 0. The summed E-state index contributed by atoms with van der Waals surface area (Å²) in [7, 11) is 0. The van der Waals surface area contributed by atoms with Crippen LogP contribution in [0, 0.1) is 5.41 Å². The van der Waals surface area contributed by atoms with E-state index in [2.05, 4.69) is 5.32 Å². The topological polar surface area (TPSA) is 61.9 Å².